The molecule has 1 aromatic carbocycles. The summed E-state index contributed by atoms with van der Waals surface area (Å²) in [7, 11) is 0. The van der Waals surface area contributed by atoms with Crippen LogP contribution < -0.4 is 5.73 Å². The topological polar surface area (TPSA) is 52.3 Å². The molecular weight excluding hydrogens is 234 g/mol. The predicted molar refractivity (Wildman–Crippen MR) is 72.2 cm³/mol. The summed E-state index contributed by atoms with van der Waals surface area (Å²) < 4.78 is 5.23. The number of hydrogen-bond donors (Lipinski definition) is 1. The van der Waals surface area contributed by atoms with E-state index in [4.69, 9.17) is 10.5 Å². The normalized spacial score (nSPS) is 11.3. The van der Waals surface area contributed by atoms with Gasteiger partial charge < -0.3 is 10.5 Å². The summed E-state index contributed by atoms with van der Waals surface area (Å²) in [5.41, 5.74) is 7.22. The van der Waals surface area contributed by atoms with Gasteiger partial charge in [0.05, 0.1) is 5.75 Å². The predicted octanol–water partition coefficient (Wildman–Crippen LogP) is 3.01. The fourth-order valence-corrected chi connectivity index (χ4v) is 2.11. The Balaban J connectivity index is 2.56. The van der Waals surface area contributed by atoms with Crippen LogP contribution >= 0.6 is 11.8 Å². The second-order valence-corrected chi connectivity index (χ2v) is 5.93. The first kappa shape index (κ1) is 13.9. The molecule has 0 heterocycles. The van der Waals surface area contributed by atoms with Crippen molar-refractivity contribution in [1.82, 2.24) is 0 Å². The molecule has 0 fully saturated rings. The Morgan fingerprint density at radius 1 is 1.41 bits per heavy atom. The van der Waals surface area contributed by atoms with Gasteiger partial charge in [0.25, 0.3) is 0 Å². The Bertz CT molecular complexity index is 410. The minimum absolute atomic E-state index is 0.219. The molecular formula is C13H19NO2S. The molecule has 0 spiro atoms. The maximum atomic E-state index is 11.5. The van der Waals surface area contributed by atoms with Crippen molar-refractivity contribution in [3.05, 3.63) is 23.8 Å². The molecule has 2 N–H and O–H groups in total. The molecule has 17 heavy (non-hydrogen) atoms. The van der Waals surface area contributed by atoms with E-state index in [0.29, 0.717) is 5.69 Å². The molecule has 1 rings (SSSR count). The lowest BCUT2D eigenvalue weighted by molar-refractivity contribution is -0.151. The second-order valence-electron chi connectivity index (χ2n) is 4.92. The Kier molecular flexibility index (Phi) is 4.46. The van der Waals surface area contributed by atoms with E-state index >= 15 is 0 Å². The van der Waals surface area contributed by atoms with Gasteiger partial charge in [-0.15, -0.1) is 11.8 Å². The molecule has 0 aliphatic carbocycles. The molecule has 0 unspecified atom stereocenters. The first-order valence-electron chi connectivity index (χ1n) is 5.49. The number of anilines is 1. The largest absolute Gasteiger partial charge is 0.459 e. The van der Waals surface area contributed by atoms with Crippen LogP contribution in [0.15, 0.2) is 23.1 Å². The maximum Gasteiger partial charge on any atom is 0.316 e. The third kappa shape index (κ3) is 5.13. The Morgan fingerprint density at radius 3 is 2.65 bits per heavy atom. The summed E-state index contributed by atoms with van der Waals surface area (Å²) in [6.07, 6.45) is 0. The van der Waals surface area contributed by atoms with Gasteiger partial charge in [-0.1, -0.05) is 6.07 Å². The maximum absolute atomic E-state index is 11.5. The summed E-state index contributed by atoms with van der Waals surface area (Å²) in [6.45, 7) is 7.57. The molecule has 0 amide bonds. The van der Waals surface area contributed by atoms with Crippen LogP contribution in [0.1, 0.15) is 26.3 Å². The third-order valence-corrected chi connectivity index (χ3v) is 2.98. The van der Waals surface area contributed by atoms with Crippen LogP contribution in [0.2, 0.25) is 0 Å². The number of nitrogens with two attached hydrogens (primary N) is 1. The summed E-state index contributed by atoms with van der Waals surface area (Å²) in [4.78, 5) is 12.5. The average molecular weight is 253 g/mol. The van der Waals surface area contributed by atoms with Gasteiger partial charge in [0.15, 0.2) is 0 Å². The number of esters is 1. The Hall–Kier alpha value is -1.16. The molecule has 0 radical (unpaired) electrons. The van der Waals surface area contributed by atoms with Crippen molar-refractivity contribution < 1.29 is 9.53 Å². The zero-order valence-electron chi connectivity index (χ0n) is 10.7. The first-order valence-corrected chi connectivity index (χ1v) is 6.47. The van der Waals surface area contributed by atoms with Crippen molar-refractivity contribution in [2.75, 3.05) is 11.5 Å². The van der Waals surface area contributed by atoms with Gasteiger partial charge in [-0.2, -0.15) is 0 Å². The van der Waals surface area contributed by atoms with Gasteiger partial charge in [0.1, 0.15) is 5.60 Å². The molecule has 1 aromatic rings. The van der Waals surface area contributed by atoms with Crippen molar-refractivity contribution in [3.8, 4) is 0 Å². The van der Waals surface area contributed by atoms with E-state index in [2.05, 4.69) is 0 Å². The lowest BCUT2D eigenvalue weighted by Gasteiger charge is -2.19. The second kappa shape index (κ2) is 5.45. The minimum Gasteiger partial charge on any atom is -0.459 e. The summed E-state index contributed by atoms with van der Waals surface area (Å²) in [5, 5.41) is 0. The summed E-state index contributed by atoms with van der Waals surface area (Å²) in [6, 6.07) is 5.78. The Morgan fingerprint density at radius 2 is 2.06 bits per heavy atom. The highest BCUT2D eigenvalue weighted by Gasteiger charge is 2.16. The first-order chi connectivity index (χ1) is 7.78. The highest BCUT2D eigenvalue weighted by atomic mass is 32.2. The highest BCUT2D eigenvalue weighted by Crippen LogP contribution is 2.26. The molecule has 4 heteroatoms. The number of carbonyl (C=O) groups is 1. The van der Waals surface area contributed by atoms with E-state index < -0.39 is 5.60 Å². The molecule has 94 valence electrons. The number of carbonyl (C=O) groups excluding carboxylic acids is 1. The van der Waals surface area contributed by atoms with Crippen molar-refractivity contribution in [2.45, 2.75) is 38.2 Å². The van der Waals surface area contributed by atoms with E-state index in [9.17, 15) is 4.79 Å². The van der Waals surface area contributed by atoms with Gasteiger partial charge in [-0.25, -0.2) is 0 Å². The number of nitrogen functional groups attached to an aromatic ring is 1. The van der Waals surface area contributed by atoms with Crippen LogP contribution in [-0.4, -0.2) is 17.3 Å². The van der Waals surface area contributed by atoms with Crippen LogP contribution in [0, 0.1) is 6.92 Å². The number of aryl methyl sites for hydroxylation is 1. The van der Waals surface area contributed by atoms with E-state index in [1.54, 1.807) is 0 Å². The number of benzene rings is 1. The molecule has 3 nitrogen and oxygen atoms in total. The fraction of sp³-hybridized carbons (Fsp3) is 0.462. The van der Waals surface area contributed by atoms with Crippen LogP contribution in [0.25, 0.3) is 0 Å². The number of rotatable bonds is 3. The minimum atomic E-state index is -0.435. The van der Waals surface area contributed by atoms with Crippen molar-refractivity contribution in [1.29, 1.82) is 0 Å². The van der Waals surface area contributed by atoms with E-state index in [1.165, 1.54) is 11.8 Å². The standard InChI is InChI=1S/C13H19NO2S/c1-9-5-6-10(14)11(7-9)17-8-12(15)16-13(2,3)4/h5-7H,8,14H2,1-4H3. The third-order valence-electron chi connectivity index (χ3n) is 1.93. The van der Waals surface area contributed by atoms with Crippen LogP contribution in [0.3, 0.4) is 0 Å². The van der Waals surface area contributed by atoms with Crippen molar-refractivity contribution >= 4 is 23.4 Å². The molecule has 0 aliphatic heterocycles. The smallest absolute Gasteiger partial charge is 0.316 e. The fourth-order valence-electron chi connectivity index (χ4n) is 1.27. The highest BCUT2D eigenvalue weighted by molar-refractivity contribution is 8.00. The van der Waals surface area contributed by atoms with Crippen LogP contribution in [0.4, 0.5) is 5.69 Å². The van der Waals surface area contributed by atoms with Gasteiger partial charge in [-0.05, 0) is 45.4 Å². The van der Waals surface area contributed by atoms with Gasteiger partial charge in [0.2, 0.25) is 0 Å². The lowest BCUT2D eigenvalue weighted by atomic mass is 10.2. The number of hydrogen-bond acceptors (Lipinski definition) is 4. The monoisotopic (exact) mass is 253 g/mol. The number of ether oxygens (including phenoxy) is 1. The molecule has 0 aromatic heterocycles. The van der Waals surface area contributed by atoms with Gasteiger partial charge >= 0.3 is 5.97 Å². The Labute approximate surface area is 107 Å². The van der Waals surface area contributed by atoms with E-state index in [0.717, 1.165) is 10.5 Å². The van der Waals surface area contributed by atoms with Gasteiger partial charge in [-0.3, -0.25) is 4.79 Å². The molecule has 0 bridgehead atoms. The molecule has 0 saturated heterocycles. The number of thioether (sulfide) groups is 1. The average Bonchev–Trinajstić information content (AvgIpc) is 2.17. The molecule has 0 saturated carbocycles. The molecule has 0 aliphatic rings. The SMILES string of the molecule is Cc1ccc(N)c(SCC(=O)OC(C)(C)C)c1. The van der Waals surface area contributed by atoms with E-state index in [-0.39, 0.29) is 11.7 Å². The summed E-state index contributed by atoms with van der Waals surface area (Å²) in [5.74, 6) is 0.0636. The summed E-state index contributed by atoms with van der Waals surface area (Å²) >= 11 is 1.41. The zero-order valence-corrected chi connectivity index (χ0v) is 11.6. The quantitative estimate of drug-likeness (QED) is 0.511. The van der Waals surface area contributed by atoms with Crippen molar-refractivity contribution in [3.63, 3.8) is 0 Å². The van der Waals surface area contributed by atoms with Crippen LogP contribution in [-0.2, 0) is 9.53 Å². The van der Waals surface area contributed by atoms with E-state index in [1.807, 2.05) is 45.9 Å². The molecule has 0 atom stereocenters. The van der Waals surface area contributed by atoms with Gasteiger partial charge in [0, 0.05) is 10.6 Å². The lowest BCUT2D eigenvalue weighted by Crippen LogP contribution is -2.24. The zero-order chi connectivity index (χ0) is 13.1. The van der Waals surface area contributed by atoms with Crippen molar-refractivity contribution in [2.24, 2.45) is 0 Å². The van der Waals surface area contributed by atoms with Crippen LogP contribution in [0.5, 0.6) is 0 Å².